The summed E-state index contributed by atoms with van der Waals surface area (Å²) in [6.45, 7) is 0.391. The zero-order chi connectivity index (χ0) is 17.8. The fraction of sp³-hybridized carbons (Fsp3) is 0.300. The second kappa shape index (κ2) is 7.47. The van der Waals surface area contributed by atoms with E-state index in [1.807, 2.05) is 6.07 Å². The predicted molar refractivity (Wildman–Crippen MR) is 91.7 cm³/mol. The van der Waals surface area contributed by atoms with Crippen molar-refractivity contribution in [2.75, 3.05) is 0 Å². The number of nitrogens with zero attached hydrogens (tertiary/aromatic N) is 1. The number of hydrogen-bond donors (Lipinski definition) is 1. The fourth-order valence-corrected chi connectivity index (χ4v) is 2.97. The number of carboxylic acids is 1. The minimum Gasteiger partial charge on any atom is -0.478 e. The summed E-state index contributed by atoms with van der Waals surface area (Å²) in [7, 11) is 0. The SMILES string of the molecule is O=C(O)c1ccccc1CCC(=O)N(Cc1cccc(F)c1)C1CC1. The third-order valence-corrected chi connectivity index (χ3v) is 4.41. The molecule has 0 atom stereocenters. The van der Waals surface area contributed by atoms with Crippen LogP contribution >= 0.6 is 0 Å². The second-order valence-electron chi connectivity index (χ2n) is 6.35. The van der Waals surface area contributed by atoms with Crippen molar-refractivity contribution >= 4 is 11.9 Å². The summed E-state index contributed by atoms with van der Waals surface area (Å²) in [6, 6.07) is 13.2. The lowest BCUT2D eigenvalue weighted by molar-refractivity contribution is -0.132. The molecule has 0 aliphatic heterocycles. The molecule has 2 aromatic rings. The molecule has 1 aliphatic carbocycles. The lowest BCUT2D eigenvalue weighted by Crippen LogP contribution is -2.32. The second-order valence-corrected chi connectivity index (χ2v) is 6.35. The standard InChI is InChI=1S/C20H20FNO3/c21-16-6-3-4-14(12-16)13-22(17-9-10-17)19(23)11-8-15-5-1-2-7-18(15)20(24)25/h1-7,12,17H,8-11,13H2,(H,24,25). The molecule has 4 nitrogen and oxygen atoms in total. The van der Waals surface area contributed by atoms with Gasteiger partial charge in [0.2, 0.25) is 5.91 Å². The van der Waals surface area contributed by atoms with Gasteiger partial charge >= 0.3 is 5.97 Å². The number of amides is 1. The van der Waals surface area contributed by atoms with Crippen LogP contribution in [0.3, 0.4) is 0 Å². The first-order valence-corrected chi connectivity index (χ1v) is 8.39. The van der Waals surface area contributed by atoms with Gasteiger partial charge in [0.05, 0.1) is 5.56 Å². The Kier molecular flexibility index (Phi) is 5.12. The molecular weight excluding hydrogens is 321 g/mol. The molecule has 0 heterocycles. The smallest absolute Gasteiger partial charge is 0.335 e. The minimum absolute atomic E-state index is 0.0213. The first kappa shape index (κ1) is 17.1. The van der Waals surface area contributed by atoms with Crippen molar-refractivity contribution in [3.63, 3.8) is 0 Å². The Morgan fingerprint density at radius 2 is 1.88 bits per heavy atom. The van der Waals surface area contributed by atoms with Crippen LogP contribution in [0.5, 0.6) is 0 Å². The van der Waals surface area contributed by atoms with Gasteiger partial charge in [-0.3, -0.25) is 4.79 Å². The Labute approximate surface area is 145 Å². The normalized spacial score (nSPS) is 13.5. The molecule has 1 N–H and O–H groups in total. The molecule has 0 radical (unpaired) electrons. The number of carbonyl (C=O) groups is 2. The third kappa shape index (κ3) is 4.44. The van der Waals surface area contributed by atoms with Crippen molar-refractivity contribution in [3.05, 3.63) is 71.0 Å². The number of aryl methyl sites for hydroxylation is 1. The molecule has 0 spiro atoms. The first-order valence-electron chi connectivity index (χ1n) is 8.39. The zero-order valence-corrected chi connectivity index (χ0v) is 13.8. The van der Waals surface area contributed by atoms with Crippen molar-refractivity contribution in [2.45, 2.75) is 38.3 Å². The molecule has 1 amide bonds. The van der Waals surface area contributed by atoms with Crippen molar-refractivity contribution < 1.29 is 19.1 Å². The van der Waals surface area contributed by atoms with Gasteiger partial charge in [0.15, 0.2) is 0 Å². The largest absolute Gasteiger partial charge is 0.478 e. The first-order chi connectivity index (χ1) is 12.0. The van der Waals surface area contributed by atoms with Crippen LogP contribution in [0.4, 0.5) is 4.39 Å². The van der Waals surface area contributed by atoms with Gasteiger partial charge < -0.3 is 10.0 Å². The molecular formula is C20H20FNO3. The van der Waals surface area contributed by atoms with E-state index < -0.39 is 5.97 Å². The van der Waals surface area contributed by atoms with Gasteiger partial charge in [-0.1, -0.05) is 30.3 Å². The Hall–Kier alpha value is -2.69. The van der Waals surface area contributed by atoms with Crippen molar-refractivity contribution in [3.8, 4) is 0 Å². The van der Waals surface area contributed by atoms with Crippen molar-refractivity contribution in [1.82, 2.24) is 4.90 Å². The van der Waals surface area contributed by atoms with Gasteiger partial charge in [-0.25, -0.2) is 9.18 Å². The molecule has 3 rings (SSSR count). The molecule has 0 unspecified atom stereocenters. The number of hydrogen-bond acceptors (Lipinski definition) is 2. The van der Waals surface area contributed by atoms with Gasteiger partial charge in [-0.05, 0) is 48.6 Å². The third-order valence-electron chi connectivity index (χ3n) is 4.41. The van der Waals surface area contributed by atoms with Gasteiger partial charge in [-0.15, -0.1) is 0 Å². The lowest BCUT2D eigenvalue weighted by atomic mass is 10.0. The maximum atomic E-state index is 13.4. The minimum atomic E-state index is -0.984. The molecule has 0 aromatic heterocycles. The van der Waals surface area contributed by atoms with Gasteiger partial charge in [0, 0.05) is 19.0 Å². The van der Waals surface area contributed by atoms with Gasteiger partial charge in [0.1, 0.15) is 5.82 Å². The monoisotopic (exact) mass is 341 g/mol. The van der Waals surface area contributed by atoms with E-state index in [-0.39, 0.29) is 29.8 Å². The van der Waals surface area contributed by atoms with E-state index in [1.54, 1.807) is 35.2 Å². The molecule has 1 saturated carbocycles. The number of carbonyl (C=O) groups excluding carboxylic acids is 1. The number of benzene rings is 2. The van der Waals surface area contributed by atoms with Crippen molar-refractivity contribution in [1.29, 1.82) is 0 Å². The van der Waals surface area contributed by atoms with E-state index in [1.165, 1.54) is 12.1 Å². The highest BCUT2D eigenvalue weighted by molar-refractivity contribution is 5.89. The van der Waals surface area contributed by atoms with E-state index >= 15 is 0 Å². The molecule has 25 heavy (non-hydrogen) atoms. The summed E-state index contributed by atoms with van der Waals surface area (Å²) in [5, 5.41) is 9.23. The zero-order valence-electron chi connectivity index (χ0n) is 13.8. The molecule has 1 aliphatic rings. The highest BCUT2D eigenvalue weighted by atomic mass is 19.1. The van der Waals surface area contributed by atoms with Crippen LogP contribution in [0.25, 0.3) is 0 Å². The van der Waals surface area contributed by atoms with Crippen LogP contribution in [-0.2, 0) is 17.8 Å². The van der Waals surface area contributed by atoms with E-state index in [0.29, 0.717) is 18.5 Å². The number of rotatable bonds is 7. The van der Waals surface area contributed by atoms with Crippen LogP contribution < -0.4 is 0 Å². The van der Waals surface area contributed by atoms with E-state index in [0.717, 1.165) is 18.4 Å². The Bertz CT molecular complexity index is 786. The number of aromatic carboxylic acids is 1. The highest BCUT2D eigenvalue weighted by Gasteiger charge is 2.32. The molecule has 0 saturated heterocycles. The van der Waals surface area contributed by atoms with Gasteiger partial charge in [-0.2, -0.15) is 0 Å². The average molecular weight is 341 g/mol. The molecule has 5 heteroatoms. The summed E-state index contributed by atoms with van der Waals surface area (Å²) in [6.07, 6.45) is 2.56. The number of halogens is 1. The lowest BCUT2D eigenvalue weighted by Gasteiger charge is -2.23. The van der Waals surface area contributed by atoms with Crippen LogP contribution in [0.15, 0.2) is 48.5 Å². The Morgan fingerprint density at radius 1 is 1.12 bits per heavy atom. The summed E-state index contributed by atoms with van der Waals surface area (Å²) < 4.78 is 13.4. The summed E-state index contributed by atoms with van der Waals surface area (Å²) >= 11 is 0. The Morgan fingerprint density at radius 3 is 2.56 bits per heavy atom. The molecule has 130 valence electrons. The van der Waals surface area contributed by atoms with Crippen LogP contribution in [-0.4, -0.2) is 27.9 Å². The summed E-state index contributed by atoms with van der Waals surface area (Å²) in [5.74, 6) is -1.31. The van der Waals surface area contributed by atoms with Crippen LogP contribution in [0, 0.1) is 5.82 Å². The predicted octanol–water partition coefficient (Wildman–Crippen LogP) is 3.65. The van der Waals surface area contributed by atoms with Gasteiger partial charge in [0.25, 0.3) is 0 Å². The van der Waals surface area contributed by atoms with Crippen molar-refractivity contribution in [2.24, 2.45) is 0 Å². The molecule has 2 aromatic carbocycles. The van der Waals surface area contributed by atoms with Crippen LogP contribution in [0.2, 0.25) is 0 Å². The highest BCUT2D eigenvalue weighted by Crippen LogP contribution is 2.29. The van der Waals surface area contributed by atoms with E-state index in [4.69, 9.17) is 0 Å². The van der Waals surface area contributed by atoms with E-state index in [9.17, 15) is 19.1 Å². The maximum absolute atomic E-state index is 13.4. The maximum Gasteiger partial charge on any atom is 0.335 e. The van der Waals surface area contributed by atoms with E-state index in [2.05, 4.69) is 0 Å². The average Bonchev–Trinajstić information content (AvgIpc) is 3.42. The number of carboxylic acid groups (broad SMARTS) is 1. The summed E-state index contributed by atoms with van der Waals surface area (Å²) in [4.78, 5) is 25.7. The Balaban J connectivity index is 1.67. The van der Waals surface area contributed by atoms with Crippen LogP contribution in [0.1, 0.15) is 40.7 Å². The summed E-state index contributed by atoms with van der Waals surface area (Å²) in [5.41, 5.74) is 1.66. The fourth-order valence-electron chi connectivity index (χ4n) is 2.97. The molecule has 1 fully saturated rings. The quantitative estimate of drug-likeness (QED) is 0.836. The molecule has 0 bridgehead atoms. The topological polar surface area (TPSA) is 57.6 Å².